The minimum absolute atomic E-state index is 0.0407. The highest BCUT2D eigenvalue weighted by Gasteiger charge is 2.22. The topological polar surface area (TPSA) is 44.5 Å². The van der Waals surface area contributed by atoms with Gasteiger partial charge in [-0.15, -0.1) is 0 Å². The average Bonchev–Trinajstić information content (AvgIpc) is 2.40. The highest BCUT2D eigenvalue weighted by Crippen LogP contribution is 2.11. The van der Waals surface area contributed by atoms with E-state index >= 15 is 0 Å². The molecule has 2 N–H and O–H groups in total. The van der Waals surface area contributed by atoms with Crippen molar-refractivity contribution in [3.63, 3.8) is 0 Å². The monoisotopic (exact) mass is 251 g/mol. The van der Waals surface area contributed by atoms with Crippen molar-refractivity contribution >= 4 is 0 Å². The molecule has 0 aliphatic carbocycles. The third-order valence-electron chi connectivity index (χ3n) is 2.66. The summed E-state index contributed by atoms with van der Waals surface area (Å²) in [4.78, 5) is 0. The number of hydrogen-bond donors (Lipinski definition) is 1. The number of hydrogen-bond acceptors (Lipinski definition) is 3. The molecule has 1 aromatic rings. The van der Waals surface area contributed by atoms with Crippen LogP contribution in [-0.2, 0) is 16.1 Å². The first-order valence-corrected chi connectivity index (χ1v) is 6.76. The molecule has 0 amide bonds. The maximum absolute atomic E-state index is 5.94. The maximum atomic E-state index is 5.94. The molecule has 0 saturated carbocycles. The summed E-state index contributed by atoms with van der Waals surface area (Å²) in [6.07, 6.45) is 2.18. The van der Waals surface area contributed by atoms with Gasteiger partial charge in [-0.05, 0) is 12.0 Å². The molecular weight excluding hydrogens is 226 g/mol. The average molecular weight is 251 g/mol. The fraction of sp³-hybridized carbons (Fsp3) is 0.600. The van der Waals surface area contributed by atoms with Crippen molar-refractivity contribution in [3.8, 4) is 0 Å². The molecule has 1 fully saturated rings. The van der Waals surface area contributed by atoms with Crippen molar-refractivity contribution in [1.29, 1.82) is 0 Å². The molecule has 0 bridgehead atoms. The smallest absolute Gasteiger partial charge is 0.0964 e. The molecule has 1 aromatic carbocycles. The Labute approximate surface area is 110 Å². The Morgan fingerprint density at radius 3 is 2.56 bits per heavy atom. The van der Waals surface area contributed by atoms with Crippen LogP contribution in [0, 0.1) is 0 Å². The quantitative estimate of drug-likeness (QED) is 0.898. The van der Waals surface area contributed by atoms with Gasteiger partial charge in [0.15, 0.2) is 0 Å². The molecule has 1 heterocycles. The first-order valence-electron chi connectivity index (χ1n) is 6.76. The molecule has 0 aromatic heterocycles. The molecule has 0 unspecified atom stereocenters. The summed E-state index contributed by atoms with van der Waals surface area (Å²) in [6.45, 7) is 6.24. The highest BCUT2D eigenvalue weighted by atomic mass is 16.5. The lowest BCUT2D eigenvalue weighted by atomic mass is 10.1. The minimum Gasteiger partial charge on any atom is -0.379 e. The van der Waals surface area contributed by atoms with Gasteiger partial charge in [0.05, 0.1) is 19.3 Å². The summed E-state index contributed by atoms with van der Waals surface area (Å²) in [5, 5.41) is 0. The molecule has 18 heavy (non-hydrogen) atoms. The third kappa shape index (κ3) is 5.63. The summed E-state index contributed by atoms with van der Waals surface area (Å²) < 4.78 is 11.1. The maximum Gasteiger partial charge on any atom is 0.0964 e. The molecule has 1 aliphatic rings. The van der Waals surface area contributed by atoms with Gasteiger partial charge in [-0.25, -0.2) is 0 Å². The first-order chi connectivity index (χ1) is 8.77. The van der Waals surface area contributed by atoms with Crippen molar-refractivity contribution in [2.45, 2.75) is 45.4 Å². The van der Waals surface area contributed by atoms with Gasteiger partial charge in [0, 0.05) is 12.6 Å². The fourth-order valence-electron chi connectivity index (χ4n) is 1.68. The van der Waals surface area contributed by atoms with E-state index in [9.17, 15) is 0 Å². The zero-order valence-corrected chi connectivity index (χ0v) is 11.5. The van der Waals surface area contributed by atoms with Crippen molar-refractivity contribution in [2.24, 2.45) is 5.73 Å². The van der Waals surface area contributed by atoms with Gasteiger partial charge in [-0.2, -0.15) is 0 Å². The van der Waals surface area contributed by atoms with Gasteiger partial charge < -0.3 is 15.2 Å². The van der Waals surface area contributed by atoms with Crippen LogP contribution >= 0.6 is 0 Å². The fourth-order valence-corrected chi connectivity index (χ4v) is 1.68. The molecule has 3 heteroatoms. The standard InChI is InChI=1S/C12H17NO2.C3H8/c13-11-6-7-14-9-12(11)15-8-10-4-2-1-3-5-10;1-3-2/h1-5,11-12H,6-9,13H2;3H2,1-2H3/t11-,12-;/m0./s1. The predicted octanol–water partition coefficient (Wildman–Crippen LogP) is 2.74. The van der Waals surface area contributed by atoms with Crippen molar-refractivity contribution in [3.05, 3.63) is 35.9 Å². The van der Waals surface area contributed by atoms with Gasteiger partial charge in [-0.3, -0.25) is 0 Å². The zero-order chi connectivity index (χ0) is 13.2. The van der Waals surface area contributed by atoms with E-state index in [-0.39, 0.29) is 12.1 Å². The molecule has 3 nitrogen and oxygen atoms in total. The van der Waals surface area contributed by atoms with Crippen LogP contribution in [0.15, 0.2) is 30.3 Å². The minimum atomic E-state index is 0.0407. The Hall–Kier alpha value is -0.900. The van der Waals surface area contributed by atoms with E-state index < -0.39 is 0 Å². The Kier molecular flexibility index (Phi) is 7.65. The summed E-state index contributed by atoms with van der Waals surface area (Å²) in [5.41, 5.74) is 7.11. The third-order valence-corrected chi connectivity index (χ3v) is 2.66. The van der Waals surface area contributed by atoms with E-state index in [0.29, 0.717) is 13.2 Å². The van der Waals surface area contributed by atoms with Crippen LogP contribution in [0.3, 0.4) is 0 Å². The van der Waals surface area contributed by atoms with Crippen LogP contribution in [0.5, 0.6) is 0 Å². The van der Waals surface area contributed by atoms with Crippen LogP contribution in [0.2, 0.25) is 0 Å². The second-order valence-corrected chi connectivity index (χ2v) is 4.57. The number of rotatable bonds is 3. The van der Waals surface area contributed by atoms with Crippen LogP contribution in [0.4, 0.5) is 0 Å². The Balaban J connectivity index is 0.000000492. The van der Waals surface area contributed by atoms with Crippen LogP contribution < -0.4 is 5.73 Å². The van der Waals surface area contributed by atoms with Crippen molar-refractivity contribution < 1.29 is 9.47 Å². The summed E-state index contributed by atoms with van der Waals surface area (Å²) in [7, 11) is 0. The predicted molar refractivity (Wildman–Crippen MR) is 74.4 cm³/mol. The van der Waals surface area contributed by atoms with Crippen LogP contribution in [0.1, 0.15) is 32.3 Å². The first kappa shape index (κ1) is 15.2. The van der Waals surface area contributed by atoms with Crippen LogP contribution in [-0.4, -0.2) is 25.4 Å². The number of benzene rings is 1. The molecule has 0 radical (unpaired) electrons. The van der Waals surface area contributed by atoms with Crippen molar-refractivity contribution in [1.82, 2.24) is 0 Å². The molecule has 2 rings (SSSR count). The van der Waals surface area contributed by atoms with E-state index in [1.807, 2.05) is 18.2 Å². The summed E-state index contributed by atoms with van der Waals surface area (Å²) in [6, 6.07) is 10.2. The van der Waals surface area contributed by atoms with Crippen LogP contribution in [0.25, 0.3) is 0 Å². The lowest BCUT2D eigenvalue weighted by Crippen LogP contribution is -2.44. The van der Waals surface area contributed by atoms with E-state index in [1.165, 1.54) is 12.0 Å². The van der Waals surface area contributed by atoms with Gasteiger partial charge >= 0.3 is 0 Å². The number of ether oxygens (including phenoxy) is 2. The largest absolute Gasteiger partial charge is 0.379 e. The molecule has 102 valence electrons. The summed E-state index contributed by atoms with van der Waals surface area (Å²) in [5.74, 6) is 0. The molecule has 1 saturated heterocycles. The van der Waals surface area contributed by atoms with Gasteiger partial charge in [0.1, 0.15) is 0 Å². The molecule has 0 spiro atoms. The summed E-state index contributed by atoms with van der Waals surface area (Å²) >= 11 is 0. The normalized spacial score (nSPS) is 23.1. The second-order valence-electron chi connectivity index (χ2n) is 4.57. The van der Waals surface area contributed by atoms with E-state index in [4.69, 9.17) is 15.2 Å². The number of nitrogens with two attached hydrogens (primary N) is 1. The second kappa shape index (κ2) is 9.09. The van der Waals surface area contributed by atoms with E-state index in [0.717, 1.165) is 13.0 Å². The van der Waals surface area contributed by atoms with Gasteiger partial charge in [0.2, 0.25) is 0 Å². The lowest BCUT2D eigenvalue weighted by molar-refractivity contribution is -0.0678. The molecule has 2 atom stereocenters. The van der Waals surface area contributed by atoms with Gasteiger partial charge in [0.25, 0.3) is 0 Å². The highest BCUT2D eigenvalue weighted by molar-refractivity contribution is 5.13. The molecule has 1 aliphatic heterocycles. The SMILES string of the molecule is CCC.N[C@H]1CCOC[C@@H]1OCc1ccccc1. The zero-order valence-electron chi connectivity index (χ0n) is 11.5. The Morgan fingerprint density at radius 1 is 1.28 bits per heavy atom. The Bertz CT molecular complexity index is 303. The van der Waals surface area contributed by atoms with E-state index in [1.54, 1.807) is 0 Å². The Morgan fingerprint density at radius 2 is 1.94 bits per heavy atom. The van der Waals surface area contributed by atoms with Crippen molar-refractivity contribution in [2.75, 3.05) is 13.2 Å². The molecular formula is C15H25NO2. The van der Waals surface area contributed by atoms with Gasteiger partial charge in [-0.1, -0.05) is 50.6 Å². The van der Waals surface area contributed by atoms with E-state index in [2.05, 4.69) is 26.0 Å². The lowest BCUT2D eigenvalue weighted by Gasteiger charge is -2.28.